The van der Waals surface area contributed by atoms with Crippen LogP contribution < -0.4 is 19.3 Å². The van der Waals surface area contributed by atoms with Gasteiger partial charge in [-0.05, 0) is 24.1 Å². The molecule has 1 aliphatic heterocycles. The van der Waals surface area contributed by atoms with Crippen LogP contribution in [0.3, 0.4) is 0 Å². The number of nitrogens with zero attached hydrogens (tertiary/aromatic N) is 6. The predicted octanol–water partition coefficient (Wildman–Crippen LogP) is 3.74. The monoisotopic (exact) mass is 456 g/mol. The van der Waals surface area contributed by atoms with Gasteiger partial charge in [-0.1, -0.05) is 30.3 Å². The first-order valence-electron chi connectivity index (χ1n) is 11.4. The average Bonchev–Trinajstić information content (AvgIpc) is 2.88. The Bertz CT molecular complexity index is 1270. The Kier molecular flexibility index (Phi) is 6.12. The summed E-state index contributed by atoms with van der Waals surface area (Å²) < 4.78 is 10.9. The van der Waals surface area contributed by atoms with Gasteiger partial charge in [0.1, 0.15) is 12.1 Å². The highest BCUT2D eigenvalue weighted by atomic mass is 16.5. The van der Waals surface area contributed by atoms with Crippen LogP contribution in [0.25, 0.3) is 10.9 Å². The summed E-state index contributed by atoms with van der Waals surface area (Å²) in [6.07, 6.45) is 6.31. The molecule has 1 saturated heterocycles. The lowest BCUT2D eigenvalue weighted by Crippen LogP contribution is -2.53. The van der Waals surface area contributed by atoms with Crippen LogP contribution in [-0.2, 0) is 6.42 Å². The van der Waals surface area contributed by atoms with Gasteiger partial charge in [0, 0.05) is 55.9 Å². The fourth-order valence-corrected chi connectivity index (χ4v) is 4.49. The fraction of sp³-hybridized carbons (Fsp3) is 0.308. The predicted molar refractivity (Wildman–Crippen MR) is 133 cm³/mol. The van der Waals surface area contributed by atoms with Gasteiger partial charge in [-0.15, -0.1) is 0 Å². The highest BCUT2D eigenvalue weighted by Crippen LogP contribution is 2.35. The maximum absolute atomic E-state index is 5.51. The molecule has 0 bridgehead atoms. The first-order valence-corrected chi connectivity index (χ1v) is 11.4. The van der Waals surface area contributed by atoms with Crippen molar-refractivity contribution in [3.8, 4) is 11.5 Å². The lowest BCUT2D eigenvalue weighted by atomic mass is 10.1. The van der Waals surface area contributed by atoms with Crippen molar-refractivity contribution in [1.29, 1.82) is 0 Å². The second-order valence-corrected chi connectivity index (χ2v) is 8.46. The standard InChI is InChI=1S/C26H28N6O2/c1-18-16-31(25-21-12-23(33-2)24(34-3)13-22(21)29-17-30-25)9-10-32(18)26-27-14-20(15-28-26)11-19-7-5-4-6-8-19/h4-8,12-15,17-18H,9-11,16H2,1-3H3. The smallest absolute Gasteiger partial charge is 0.225 e. The molecule has 0 saturated carbocycles. The molecule has 3 heterocycles. The van der Waals surface area contributed by atoms with E-state index in [0.717, 1.165) is 54.3 Å². The van der Waals surface area contributed by atoms with Crippen LogP contribution in [0.5, 0.6) is 11.5 Å². The molecule has 174 valence electrons. The fourth-order valence-electron chi connectivity index (χ4n) is 4.49. The number of hydrogen-bond acceptors (Lipinski definition) is 8. The van der Waals surface area contributed by atoms with E-state index in [9.17, 15) is 0 Å². The summed E-state index contributed by atoms with van der Waals surface area (Å²) in [5.41, 5.74) is 3.19. The van der Waals surface area contributed by atoms with E-state index >= 15 is 0 Å². The topological polar surface area (TPSA) is 76.5 Å². The molecule has 0 spiro atoms. The minimum atomic E-state index is 0.221. The Hall–Kier alpha value is -3.94. The molecule has 2 aromatic heterocycles. The Morgan fingerprint density at radius 2 is 1.62 bits per heavy atom. The summed E-state index contributed by atoms with van der Waals surface area (Å²) in [4.78, 5) is 23.0. The van der Waals surface area contributed by atoms with E-state index < -0.39 is 0 Å². The normalized spacial score (nSPS) is 16.0. The average molecular weight is 457 g/mol. The van der Waals surface area contributed by atoms with Gasteiger partial charge < -0.3 is 19.3 Å². The van der Waals surface area contributed by atoms with Crippen molar-refractivity contribution in [3.05, 3.63) is 72.3 Å². The lowest BCUT2D eigenvalue weighted by molar-refractivity contribution is 0.356. The van der Waals surface area contributed by atoms with Gasteiger partial charge in [0.2, 0.25) is 5.95 Å². The second kappa shape index (κ2) is 9.51. The largest absolute Gasteiger partial charge is 0.493 e. The first-order chi connectivity index (χ1) is 16.7. The van der Waals surface area contributed by atoms with Crippen LogP contribution in [0.2, 0.25) is 0 Å². The number of aromatic nitrogens is 4. The molecule has 34 heavy (non-hydrogen) atoms. The number of benzene rings is 2. The lowest BCUT2D eigenvalue weighted by Gasteiger charge is -2.40. The molecule has 0 aliphatic carbocycles. The molecule has 0 N–H and O–H groups in total. The van der Waals surface area contributed by atoms with Crippen LogP contribution >= 0.6 is 0 Å². The Morgan fingerprint density at radius 3 is 2.32 bits per heavy atom. The Balaban J connectivity index is 1.33. The van der Waals surface area contributed by atoms with Crippen LogP contribution in [0, 0.1) is 0 Å². The van der Waals surface area contributed by atoms with Gasteiger partial charge in [0.05, 0.1) is 19.7 Å². The Labute approximate surface area is 199 Å². The summed E-state index contributed by atoms with van der Waals surface area (Å²) >= 11 is 0. The number of methoxy groups -OCH3 is 2. The highest BCUT2D eigenvalue weighted by molar-refractivity contribution is 5.92. The zero-order valence-electron chi connectivity index (χ0n) is 19.7. The summed E-state index contributed by atoms with van der Waals surface area (Å²) in [5.74, 6) is 2.99. The molecule has 2 aromatic carbocycles. The quantitative estimate of drug-likeness (QED) is 0.434. The maximum atomic E-state index is 5.51. The Morgan fingerprint density at radius 1 is 0.882 bits per heavy atom. The van der Waals surface area contributed by atoms with Crippen LogP contribution in [0.4, 0.5) is 11.8 Å². The van der Waals surface area contributed by atoms with Crippen LogP contribution in [-0.4, -0.2) is 59.8 Å². The van der Waals surface area contributed by atoms with Crippen molar-refractivity contribution in [2.75, 3.05) is 43.7 Å². The number of piperazine rings is 1. The molecule has 1 unspecified atom stereocenters. The van der Waals surface area contributed by atoms with E-state index in [1.165, 1.54) is 5.56 Å². The molecule has 1 fully saturated rings. The minimum Gasteiger partial charge on any atom is -0.493 e. The van der Waals surface area contributed by atoms with E-state index in [1.807, 2.05) is 30.6 Å². The van der Waals surface area contributed by atoms with E-state index in [-0.39, 0.29) is 6.04 Å². The minimum absolute atomic E-state index is 0.221. The second-order valence-electron chi connectivity index (χ2n) is 8.46. The zero-order valence-corrected chi connectivity index (χ0v) is 19.7. The van der Waals surface area contributed by atoms with E-state index in [2.05, 4.69) is 60.9 Å². The number of rotatable bonds is 6. The molecule has 8 heteroatoms. The van der Waals surface area contributed by atoms with Crippen LogP contribution in [0.15, 0.2) is 61.2 Å². The van der Waals surface area contributed by atoms with E-state index in [0.29, 0.717) is 11.5 Å². The third-order valence-corrected chi connectivity index (χ3v) is 6.25. The number of ether oxygens (including phenoxy) is 2. The van der Waals surface area contributed by atoms with E-state index in [1.54, 1.807) is 20.5 Å². The van der Waals surface area contributed by atoms with Gasteiger partial charge >= 0.3 is 0 Å². The number of hydrogen-bond donors (Lipinski definition) is 0. The van der Waals surface area contributed by atoms with Gasteiger partial charge in [-0.25, -0.2) is 19.9 Å². The van der Waals surface area contributed by atoms with Gasteiger partial charge in [0.25, 0.3) is 0 Å². The van der Waals surface area contributed by atoms with Gasteiger partial charge in [0.15, 0.2) is 11.5 Å². The van der Waals surface area contributed by atoms with Crippen molar-refractivity contribution < 1.29 is 9.47 Å². The first kappa shape index (κ1) is 21.9. The molecule has 1 atom stereocenters. The molecular weight excluding hydrogens is 428 g/mol. The van der Waals surface area contributed by atoms with E-state index in [4.69, 9.17) is 9.47 Å². The molecule has 8 nitrogen and oxygen atoms in total. The van der Waals surface area contributed by atoms with Crippen LogP contribution in [0.1, 0.15) is 18.1 Å². The summed E-state index contributed by atoms with van der Waals surface area (Å²) in [5, 5.41) is 0.947. The van der Waals surface area contributed by atoms with Crippen molar-refractivity contribution in [3.63, 3.8) is 0 Å². The van der Waals surface area contributed by atoms with Crippen molar-refractivity contribution in [2.45, 2.75) is 19.4 Å². The third-order valence-electron chi connectivity index (χ3n) is 6.25. The molecule has 1 aliphatic rings. The highest BCUT2D eigenvalue weighted by Gasteiger charge is 2.27. The summed E-state index contributed by atoms with van der Waals surface area (Å²) in [6.45, 7) is 4.61. The maximum Gasteiger partial charge on any atom is 0.225 e. The summed E-state index contributed by atoms with van der Waals surface area (Å²) in [6, 6.07) is 14.5. The summed E-state index contributed by atoms with van der Waals surface area (Å²) in [7, 11) is 3.27. The molecule has 0 amide bonds. The van der Waals surface area contributed by atoms with Crippen molar-refractivity contribution in [1.82, 2.24) is 19.9 Å². The molecule has 0 radical (unpaired) electrons. The van der Waals surface area contributed by atoms with Crippen molar-refractivity contribution >= 4 is 22.7 Å². The number of fused-ring (bicyclic) bond motifs is 1. The van der Waals surface area contributed by atoms with Crippen molar-refractivity contribution in [2.24, 2.45) is 0 Å². The zero-order chi connectivity index (χ0) is 23.5. The van der Waals surface area contributed by atoms with Gasteiger partial charge in [-0.3, -0.25) is 0 Å². The molecule has 4 aromatic rings. The number of anilines is 2. The van der Waals surface area contributed by atoms with Gasteiger partial charge in [-0.2, -0.15) is 0 Å². The molecular formula is C26H28N6O2. The third kappa shape index (κ3) is 4.31. The SMILES string of the molecule is COc1cc2ncnc(N3CCN(c4ncc(Cc5ccccc5)cn4)C(C)C3)c2cc1OC. The molecule has 5 rings (SSSR count).